The molecule has 3 aromatic rings. The largest absolute Gasteiger partial charge is 0.342 e. The highest BCUT2D eigenvalue weighted by Gasteiger charge is 2.27. The van der Waals surface area contributed by atoms with E-state index in [4.69, 9.17) is 5.41 Å². The number of likely N-dealkylation sites (N-methyl/N-ethyl adjacent to an activating group) is 1. The summed E-state index contributed by atoms with van der Waals surface area (Å²) in [7, 11) is 1.72. The molecule has 0 spiro atoms. The van der Waals surface area contributed by atoms with Crippen molar-refractivity contribution in [1.82, 2.24) is 14.8 Å². The summed E-state index contributed by atoms with van der Waals surface area (Å²) in [6.45, 7) is 0.766. The third-order valence-corrected chi connectivity index (χ3v) is 4.47. The van der Waals surface area contributed by atoms with Crippen LogP contribution in [0.2, 0.25) is 0 Å². The van der Waals surface area contributed by atoms with Crippen LogP contribution in [0.3, 0.4) is 0 Å². The average molecular weight is 330 g/mol. The molecule has 2 heterocycles. The van der Waals surface area contributed by atoms with Crippen molar-refractivity contribution in [3.8, 4) is 0 Å². The first kappa shape index (κ1) is 15.2. The van der Waals surface area contributed by atoms with Gasteiger partial charge < -0.3 is 9.47 Å². The monoisotopic (exact) mass is 330 g/mol. The molecular formula is C20H18N4O. The maximum Gasteiger partial charge on any atom is 0.274 e. The minimum absolute atomic E-state index is 0.101. The molecule has 0 radical (unpaired) electrons. The summed E-state index contributed by atoms with van der Waals surface area (Å²) in [6, 6.07) is 18.4. The first-order chi connectivity index (χ1) is 12.1. The number of aromatic nitrogens is 1. The number of hydrogen-bond donors (Lipinski definition) is 2. The second-order valence-electron chi connectivity index (χ2n) is 6.11. The highest BCUT2D eigenvalue weighted by Crippen LogP contribution is 2.26. The first-order valence-electron chi connectivity index (χ1n) is 8.10. The standard InChI is InChI=1S/C20H18N4O/c1-23-18(19(25)22-20(23)21)11-15-13-24(12-14-7-3-2-4-8-14)17-10-6-5-9-16(15)17/h2-11,13H,12H2,1H3,(H2,21,22,25). The SMILES string of the molecule is CN1C(=N)NC(=O)C1=Cc1cn(Cc2ccccc2)c2ccccc12. The van der Waals surface area contributed by atoms with E-state index in [1.807, 2.05) is 36.4 Å². The van der Waals surface area contributed by atoms with Crippen LogP contribution >= 0.6 is 0 Å². The Bertz CT molecular complexity index is 1000. The number of para-hydroxylation sites is 1. The fourth-order valence-corrected chi connectivity index (χ4v) is 3.14. The van der Waals surface area contributed by atoms with Gasteiger partial charge in [0.05, 0.1) is 0 Å². The molecule has 5 heteroatoms. The molecule has 0 atom stereocenters. The molecule has 2 N–H and O–H groups in total. The number of nitrogens with one attached hydrogen (secondary N) is 2. The van der Waals surface area contributed by atoms with Gasteiger partial charge in [-0.05, 0) is 17.7 Å². The second-order valence-corrected chi connectivity index (χ2v) is 6.11. The summed E-state index contributed by atoms with van der Waals surface area (Å²) in [5.41, 5.74) is 3.79. The number of amides is 1. The van der Waals surface area contributed by atoms with Crippen molar-refractivity contribution in [3.63, 3.8) is 0 Å². The number of carbonyl (C=O) groups excluding carboxylic acids is 1. The summed E-state index contributed by atoms with van der Waals surface area (Å²) in [5.74, 6) is -0.142. The van der Waals surface area contributed by atoms with Crippen LogP contribution in [0.5, 0.6) is 0 Å². The van der Waals surface area contributed by atoms with E-state index in [-0.39, 0.29) is 11.9 Å². The van der Waals surface area contributed by atoms with Crippen molar-refractivity contribution in [2.24, 2.45) is 0 Å². The summed E-state index contributed by atoms with van der Waals surface area (Å²) in [4.78, 5) is 13.6. The Hall–Kier alpha value is -3.34. The molecular weight excluding hydrogens is 312 g/mol. The van der Waals surface area contributed by atoms with E-state index >= 15 is 0 Å². The van der Waals surface area contributed by atoms with Crippen LogP contribution in [-0.2, 0) is 11.3 Å². The zero-order valence-electron chi connectivity index (χ0n) is 13.9. The topological polar surface area (TPSA) is 61.1 Å². The van der Waals surface area contributed by atoms with Gasteiger partial charge in [0.15, 0.2) is 0 Å². The number of guanidine groups is 1. The molecule has 4 rings (SSSR count). The molecule has 1 fully saturated rings. The number of hydrogen-bond acceptors (Lipinski definition) is 2. The molecule has 1 aliphatic rings. The molecule has 0 bridgehead atoms. The maximum absolute atomic E-state index is 12.1. The minimum Gasteiger partial charge on any atom is -0.342 e. The van der Waals surface area contributed by atoms with Gasteiger partial charge in [-0.25, -0.2) is 0 Å². The van der Waals surface area contributed by atoms with Crippen molar-refractivity contribution in [2.75, 3.05) is 7.05 Å². The molecule has 1 aliphatic heterocycles. The van der Waals surface area contributed by atoms with Crippen molar-refractivity contribution in [3.05, 3.63) is 77.6 Å². The molecule has 0 saturated carbocycles. The van der Waals surface area contributed by atoms with E-state index in [2.05, 4.69) is 40.3 Å². The first-order valence-corrected chi connectivity index (χ1v) is 8.10. The Labute approximate surface area is 145 Å². The van der Waals surface area contributed by atoms with Gasteiger partial charge >= 0.3 is 0 Å². The molecule has 5 nitrogen and oxygen atoms in total. The lowest BCUT2D eigenvalue weighted by Gasteiger charge is -2.08. The van der Waals surface area contributed by atoms with E-state index in [1.165, 1.54) is 5.56 Å². The van der Waals surface area contributed by atoms with Crippen molar-refractivity contribution < 1.29 is 4.79 Å². The Kier molecular flexibility index (Phi) is 3.61. The van der Waals surface area contributed by atoms with Gasteiger partial charge in [-0.15, -0.1) is 0 Å². The van der Waals surface area contributed by atoms with Crippen LogP contribution in [0.15, 0.2) is 66.5 Å². The van der Waals surface area contributed by atoms with E-state index < -0.39 is 0 Å². The highest BCUT2D eigenvalue weighted by atomic mass is 16.2. The molecule has 2 aromatic carbocycles. The Morgan fingerprint density at radius 1 is 1.08 bits per heavy atom. The van der Waals surface area contributed by atoms with E-state index in [1.54, 1.807) is 11.9 Å². The van der Waals surface area contributed by atoms with Crippen molar-refractivity contribution >= 4 is 28.8 Å². The van der Waals surface area contributed by atoms with E-state index in [9.17, 15) is 4.79 Å². The lowest BCUT2D eigenvalue weighted by atomic mass is 10.1. The minimum atomic E-state index is -0.243. The van der Waals surface area contributed by atoms with Gasteiger partial charge in [-0.3, -0.25) is 15.5 Å². The summed E-state index contributed by atoms with van der Waals surface area (Å²) < 4.78 is 2.19. The molecule has 1 saturated heterocycles. The van der Waals surface area contributed by atoms with Crippen molar-refractivity contribution in [1.29, 1.82) is 5.41 Å². The van der Waals surface area contributed by atoms with E-state index in [0.29, 0.717) is 5.70 Å². The lowest BCUT2D eigenvalue weighted by Crippen LogP contribution is -2.25. The fourth-order valence-electron chi connectivity index (χ4n) is 3.14. The van der Waals surface area contributed by atoms with Crippen LogP contribution in [0, 0.1) is 5.41 Å². The molecule has 1 amide bonds. The number of rotatable bonds is 3. The van der Waals surface area contributed by atoms with E-state index in [0.717, 1.165) is 23.0 Å². The fraction of sp³-hybridized carbons (Fsp3) is 0.100. The summed E-state index contributed by atoms with van der Waals surface area (Å²) >= 11 is 0. The smallest absolute Gasteiger partial charge is 0.274 e. The lowest BCUT2D eigenvalue weighted by molar-refractivity contribution is -0.115. The zero-order valence-corrected chi connectivity index (χ0v) is 13.9. The number of fused-ring (bicyclic) bond motifs is 1. The van der Waals surface area contributed by atoms with Gasteiger partial charge in [-0.1, -0.05) is 48.5 Å². The van der Waals surface area contributed by atoms with Gasteiger partial charge in [0.1, 0.15) is 5.70 Å². The third-order valence-electron chi connectivity index (χ3n) is 4.47. The van der Waals surface area contributed by atoms with Gasteiger partial charge in [0.25, 0.3) is 5.91 Å². The Morgan fingerprint density at radius 2 is 1.80 bits per heavy atom. The van der Waals surface area contributed by atoms with Crippen molar-refractivity contribution in [2.45, 2.75) is 6.54 Å². The number of nitrogens with zero attached hydrogens (tertiary/aromatic N) is 2. The van der Waals surface area contributed by atoms with Crippen LogP contribution < -0.4 is 5.32 Å². The number of carbonyl (C=O) groups is 1. The van der Waals surface area contributed by atoms with Gasteiger partial charge in [0.2, 0.25) is 5.96 Å². The third kappa shape index (κ3) is 2.70. The predicted molar refractivity (Wildman–Crippen MR) is 99.1 cm³/mol. The Morgan fingerprint density at radius 3 is 2.52 bits per heavy atom. The average Bonchev–Trinajstić information content (AvgIpc) is 3.08. The molecule has 0 unspecified atom stereocenters. The van der Waals surface area contributed by atoms with Crippen LogP contribution in [0.25, 0.3) is 17.0 Å². The molecule has 0 aliphatic carbocycles. The summed E-state index contributed by atoms with van der Waals surface area (Å²) in [6.07, 6.45) is 3.91. The van der Waals surface area contributed by atoms with Gasteiger partial charge in [0, 0.05) is 36.3 Å². The second kappa shape index (κ2) is 5.94. The summed E-state index contributed by atoms with van der Waals surface area (Å²) in [5, 5.41) is 11.4. The normalized spacial score (nSPS) is 16.0. The highest BCUT2D eigenvalue weighted by molar-refractivity contribution is 6.15. The molecule has 1 aromatic heterocycles. The van der Waals surface area contributed by atoms with Crippen LogP contribution in [0.1, 0.15) is 11.1 Å². The quantitative estimate of drug-likeness (QED) is 0.725. The molecule has 25 heavy (non-hydrogen) atoms. The maximum atomic E-state index is 12.1. The number of benzene rings is 2. The zero-order chi connectivity index (χ0) is 17.4. The van der Waals surface area contributed by atoms with Gasteiger partial charge in [-0.2, -0.15) is 0 Å². The predicted octanol–water partition coefficient (Wildman–Crippen LogP) is 3.03. The Balaban J connectivity index is 1.80. The van der Waals surface area contributed by atoms with Crippen LogP contribution in [0.4, 0.5) is 0 Å². The van der Waals surface area contributed by atoms with Crippen LogP contribution in [-0.4, -0.2) is 28.4 Å². The molecule has 124 valence electrons.